The average molecular weight is 198 g/mol. The highest BCUT2D eigenvalue weighted by atomic mass is 15.3. The van der Waals surface area contributed by atoms with E-state index in [-0.39, 0.29) is 0 Å². The van der Waals surface area contributed by atoms with E-state index < -0.39 is 0 Å². The Balaban J connectivity index is 2.01. The molecule has 76 valence electrons. The van der Waals surface area contributed by atoms with E-state index in [2.05, 4.69) is 40.1 Å². The Morgan fingerprint density at radius 2 is 1.87 bits per heavy atom. The van der Waals surface area contributed by atoms with E-state index in [1.54, 1.807) is 0 Å². The van der Waals surface area contributed by atoms with E-state index in [0.29, 0.717) is 0 Å². The summed E-state index contributed by atoms with van der Waals surface area (Å²) in [5, 5.41) is 4.41. The summed E-state index contributed by atoms with van der Waals surface area (Å²) in [6, 6.07) is 12.5. The van der Waals surface area contributed by atoms with Crippen molar-refractivity contribution in [2.75, 3.05) is 0 Å². The van der Waals surface area contributed by atoms with E-state index in [0.717, 1.165) is 5.92 Å². The molecule has 1 heterocycles. The van der Waals surface area contributed by atoms with Crippen LogP contribution in [0.2, 0.25) is 0 Å². The largest absolute Gasteiger partial charge is 0.238 e. The van der Waals surface area contributed by atoms with Crippen LogP contribution in [0.5, 0.6) is 0 Å². The van der Waals surface area contributed by atoms with Crippen LogP contribution in [-0.4, -0.2) is 9.78 Å². The van der Waals surface area contributed by atoms with Crippen molar-refractivity contribution >= 4 is 0 Å². The third-order valence-electron chi connectivity index (χ3n) is 3.20. The van der Waals surface area contributed by atoms with Gasteiger partial charge in [-0.05, 0) is 31.0 Å². The van der Waals surface area contributed by atoms with Crippen LogP contribution in [0.15, 0.2) is 42.6 Å². The fourth-order valence-corrected chi connectivity index (χ4v) is 2.11. The highest BCUT2D eigenvalue weighted by Crippen LogP contribution is 2.36. The number of hydrogen-bond donors (Lipinski definition) is 0. The second-order valence-electron chi connectivity index (χ2n) is 4.13. The quantitative estimate of drug-likeness (QED) is 0.724. The van der Waals surface area contributed by atoms with Crippen LogP contribution < -0.4 is 0 Å². The molecule has 1 aromatic heterocycles. The molecule has 1 aliphatic rings. The molecule has 1 aliphatic carbocycles. The SMILES string of the molecule is c1ccc(-n2nccc2C2CCC2)cc1. The molecule has 0 amide bonds. The molecule has 0 N–H and O–H groups in total. The van der Waals surface area contributed by atoms with Crippen LogP contribution in [0.3, 0.4) is 0 Å². The molecular formula is C13H14N2. The van der Waals surface area contributed by atoms with Gasteiger partial charge < -0.3 is 0 Å². The molecule has 0 radical (unpaired) electrons. The predicted molar refractivity (Wildman–Crippen MR) is 60.2 cm³/mol. The van der Waals surface area contributed by atoms with Gasteiger partial charge in [0.25, 0.3) is 0 Å². The van der Waals surface area contributed by atoms with Gasteiger partial charge >= 0.3 is 0 Å². The summed E-state index contributed by atoms with van der Waals surface area (Å²) < 4.78 is 2.07. The third-order valence-corrected chi connectivity index (χ3v) is 3.20. The van der Waals surface area contributed by atoms with Gasteiger partial charge in [0.05, 0.1) is 5.69 Å². The van der Waals surface area contributed by atoms with E-state index in [4.69, 9.17) is 0 Å². The first-order valence-electron chi connectivity index (χ1n) is 5.54. The summed E-state index contributed by atoms with van der Waals surface area (Å²) in [4.78, 5) is 0. The third kappa shape index (κ3) is 1.46. The Kier molecular flexibility index (Phi) is 2.05. The predicted octanol–water partition coefficient (Wildman–Crippen LogP) is 3.14. The van der Waals surface area contributed by atoms with Crippen LogP contribution >= 0.6 is 0 Å². The van der Waals surface area contributed by atoms with Gasteiger partial charge in [0.2, 0.25) is 0 Å². The molecule has 2 aromatic rings. The molecule has 15 heavy (non-hydrogen) atoms. The number of hydrogen-bond acceptors (Lipinski definition) is 1. The number of nitrogens with zero attached hydrogens (tertiary/aromatic N) is 2. The highest BCUT2D eigenvalue weighted by Gasteiger charge is 2.23. The first kappa shape index (κ1) is 8.72. The smallest absolute Gasteiger partial charge is 0.0648 e. The molecule has 0 bridgehead atoms. The van der Waals surface area contributed by atoms with Crippen molar-refractivity contribution in [3.8, 4) is 5.69 Å². The Labute approximate surface area is 89.5 Å². The van der Waals surface area contributed by atoms with E-state index in [1.807, 2.05) is 12.3 Å². The van der Waals surface area contributed by atoms with Crippen LogP contribution in [0.25, 0.3) is 5.69 Å². The molecule has 0 aliphatic heterocycles. The standard InChI is InChI=1S/C13H14N2/c1-2-7-12(8-3-1)15-13(9-10-14-15)11-5-4-6-11/h1-3,7-11H,4-6H2. The second kappa shape index (κ2) is 3.54. The monoisotopic (exact) mass is 198 g/mol. The normalized spacial score (nSPS) is 16.3. The molecule has 0 atom stereocenters. The molecular weight excluding hydrogens is 184 g/mol. The van der Waals surface area contributed by atoms with Gasteiger partial charge in [0, 0.05) is 17.8 Å². The molecule has 2 heteroatoms. The zero-order chi connectivity index (χ0) is 10.1. The van der Waals surface area contributed by atoms with Gasteiger partial charge in [-0.2, -0.15) is 5.10 Å². The maximum Gasteiger partial charge on any atom is 0.0648 e. The molecule has 3 rings (SSSR count). The van der Waals surface area contributed by atoms with Gasteiger partial charge in [-0.15, -0.1) is 0 Å². The van der Waals surface area contributed by atoms with Gasteiger partial charge in [-0.25, -0.2) is 4.68 Å². The number of para-hydroxylation sites is 1. The molecule has 1 saturated carbocycles. The first-order chi connectivity index (χ1) is 7.45. The lowest BCUT2D eigenvalue weighted by Gasteiger charge is -2.26. The van der Waals surface area contributed by atoms with E-state index >= 15 is 0 Å². The molecule has 1 aromatic carbocycles. The second-order valence-corrected chi connectivity index (χ2v) is 4.13. The lowest BCUT2D eigenvalue weighted by Crippen LogP contribution is -2.14. The minimum absolute atomic E-state index is 0.729. The lowest BCUT2D eigenvalue weighted by atomic mass is 9.83. The number of benzene rings is 1. The Morgan fingerprint density at radius 1 is 1.07 bits per heavy atom. The Morgan fingerprint density at radius 3 is 2.53 bits per heavy atom. The van der Waals surface area contributed by atoms with Crippen molar-refractivity contribution in [3.63, 3.8) is 0 Å². The maximum absolute atomic E-state index is 4.41. The number of rotatable bonds is 2. The van der Waals surface area contributed by atoms with Gasteiger partial charge in [-0.3, -0.25) is 0 Å². The Bertz CT molecular complexity index is 441. The number of aromatic nitrogens is 2. The zero-order valence-corrected chi connectivity index (χ0v) is 8.63. The van der Waals surface area contributed by atoms with Crippen LogP contribution in [0, 0.1) is 0 Å². The fraction of sp³-hybridized carbons (Fsp3) is 0.308. The van der Waals surface area contributed by atoms with Gasteiger partial charge in [0.15, 0.2) is 0 Å². The highest BCUT2D eigenvalue weighted by molar-refractivity contribution is 5.33. The fourth-order valence-electron chi connectivity index (χ4n) is 2.11. The maximum atomic E-state index is 4.41. The zero-order valence-electron chi connectivity index (χ0n) is 8.63. The van der Waals surface area contributed by atoms with Crippen LogP contribution in [-0.2, 0) is 0 Å². The van der Waals surface area contributed by atoms with E-state index in [9.17, 15) is 0 Å². The van der Waals surface area contributed by atoms with Crippen molar-refractivity contribution in [3.05, 3.63) is 48.3 Å². The van der Waals surface area contributed by atoms with Crippen LogP contribution in [0.4, 0.5) is 0 Å². The summed E-state index contributed by atoms with van der Waals surface area (Å²) in [5.41, 5.74) is 2.54. The van der Waals surface area contributed by atoms with Gasteiger partial charge in [0.1, 0.15) is 0 Å². The molecule has 0 unspecified atom stereocenters. The minimum atomic E-state index is 0.729. The summed E-state index contributed by atoms with van der Waals surface area (Å²) in [5.74, 6) is 0.729. The molecule has 0 saturated heterocycles. The average Bonchev–Trinajstić information content (AvgIpc) is 2.65. The lowest BCUT2D eigenvalue weighted by molar-refractivity contribution is 0.403. The summed E-state index contributed by atoms with van der Waals surface area (Å²) in [6.45, 7) is 0. The van der Waals surface area contributed by atoms with Gasteiger partial charge in [-0.1, -0.05) is 24.6 Å². The van der Waals surface area contributed by atoms with Crippen LogP contribution in [0.1, 0.15) is 30.9 Å². The first-order valence-corrected chi connectivity index (χ1v) is 5.54. The Hall–Kier alpha value is -1.57. The van der Waals surface area contributed by atoms with E-state index in [1.165, 1.54) is 30.6 Å². The molecule has 2 nitrogen and oxygen atoms in total. The van der Waals surface area contributed by atoms with Crippen molar-refractivity contribution in [2.45, 2.75) is 25.2 Å². The van der Waals surface area contributed by atoms with Crippen molar-refractivity contribution < 1.29 is 0 Å². The molecule has 1 fully saturated rings. The van der Waals surface area contributed by atoms with Crippen molar-refractivity contribution in [1.29, 1.82) is 0 Å². The van der Waals surface area contributed by atoms with Crippen molar-refractivity contribution in [1.82, 2.24) is 9.78 Å². The van der Waals surface area contributed by atoms with Crippen molar-refractivity contribution in [2.24, 2.45) is 0 Å². The minimum Gasteiger partial charge on any atom is -0.238 e. The summed E-state index contributed by atoms with van der Waals surface area (Å²) >= 11 is 0. The summed E-state index contributed by atoms with van der Waals surface area (Å²) in [7, 11) is 0. The molecule has 0 spiro atoms. The summed E-state index contributed by atoms with van der Waals surface area (Å²) in [6.07, 6.45) is 5.91. The topological polar surface area (TPSA) is 17.8 Å².